The monoisotopic (exact) mass is 737 g/mol. The smallest absolute Gasteiger partial charge is 0.410 e. The van der Waals surface area contributed by atoms with Gasteiger partial charge < -0.3 is 29.4 Å². The molecule has 6 aromatic rings. The minimum absolute atomic E-state index is 0.0940. The van der Waals surface area contributed by atoms with Crippen LogP contribution in [-0.4, -0.2) is 68.7 Å². The number of pyridine rings is 1. The van der Waals surface area contributed by atoms with Crippen molar-refractivity contribution in [2.75, 3.05) is 36.5 Å². The van der Waals surface area contributed by atoms with E-state index in [1.165, 1.54) is 6.07 Å². The van der Waals surface area contributed by atoms with E-state index in [1.54, 1.807) is 42.9 Å². The van der Waals surface area contributed by atoms with Crippen LogP contribution in [0.25, 0.3) is 33.4 Å². The molecular weight excluding hydrogens is 704 g/mol. The number of piperidine rings is 1. The highest BCUT2D eigenvalue weighted by atomic mass is 35.5. The number of amides is 2. The van der Waals surface area contributed by atoms with Crippen molar-refractivity contribution in [1.82, 2.24) is 24.4 Å². The zero-order valence-corrected chi connectivity index (χ0v) is 29.5. The topological polar surface area (TPSA) is 108 Å². The van der Waals surface area contributed by atoms with E-state index in [2.05, 4.69) is 20.2 Å². The van der Waals surface area contributed by atoms with Gasteiger partial charge in [-0.05, 0) is 55.7 Å². The lowest BCUT2D eigenvalue weighted by Crippen LogP contribution is -2.50. The summed E-state index contributed by atoms with van der Waals surface area (Å²) in [5.41, 5.74) is 4.58. The largest absolute Gasteiger partial charge is 0.449 e. The molecule has 0 atom stereocenters. The maximum absolute atomic E-state index is 15.2. The van der Waals surface area contributed by atoms with E-state index >= 15 is 4.39 Å². The second-order valence-corrected chi connectivity index (χ2v) is 13.8. The van der Waals surface area contributed by atoms with E-state index in [4.69, 9.17) is 32.9 Å². The fourth-order valence-electron chi connectivity index (χ4n) is 7.21. The highest BCUT2D eigenvalue weighted by Crippen LogP contribution is 2.40. The van der Waals surface area contributed by atoms with Gasteiger partial charge in [-0.1, -0.05) is 65.7 Å². The van der Waals surface area contributed by atoms with Crippen molar-refractivity contribution < 1.29 is 18.7 Å². The van der Waals surface area contributed by atoms with E-state index in [0.717, 1.165) is 30.2 Å². The molecule has 13 heteroatoms. The predicted octanol–water partition coefficient (Wildman–Crippen LogP) is 8.65. The molecule has 264 valence electrons. The fourth-order valence-corrected chi connectivity index (χ4v) is 7.54. The summed E-state index contributed by atoms with van der Waals surface area (Å²) in [6.45, 7) is 2.62. The van der Waals surface area contributed by atoms with Crippen LogP contribution in [0, 0.1) is 5.82 Å². The number of fused-ring (bicyclic) bond motifs is 1. The average molecular weight is 739 g/mol. The van der Waals surface area contributed by atoms with Crippen molar-refractivity contribution in [2.45, 2.75) is 31.8 Å². The van der Waals surface area contributed by atoms with Crippen LogP contribution >= 0.6 is 23.2 Å². The standard InChI is InChI=1S/C39H34Cl2FN7O3/c40-26-10-9-25(30(42)20-26)22-48-23-44-34(24-6-2-1-3-7-24)36(48)33-29-12-11-27(41)21-32(29)45-35(33)38(50)46-31-8-4-15-43-37(31)47-17-13-28(14-18-47)49-16-5-19-52-39(49)51/h1-4,6-12,15,20-21,23,28,45H,5,13-14,16-19,22H2,(H,46,50). The molecule has 3 aromatic carbocycles. The number of hydrogen-bond acceptors (Lipinski definition) is 6. The number of nitrogens with zero attached hydrogens (tertiary/aromatic N) is 5. The van der Waals surface area contributed by atoms with Gasteiger partial charge >= 0.3 is 6.09 Å². The molecule has 0 saturated carbocycles. The van der Waals surface area contributed by atoms with Crippen LogP contribution in [0.3, 0.4) is 0 Å². The molecule has 0 bridgehead atoms. The number of benzene rings is 3. The third kappa shape index (κ3) is 6.57. The number of carbonyl (C=O) groups is 2. The molecule has 2 fully saturated rings. The van der Waals surface area contributed by atoms with Crippen LogP contribution in [0.15, 0.2) is 91.4 Å². The highest BCUT2D eigenvalue weighted by molar-refractivity contribution is 6.31. The van der Waals surface area contributed by atoms with Crippen molar-refractivity contribution in [3.63, 3.8) is 0 Å². The summed E-state index contributed by atoms with van der Waals surface area (Å²) in [6.07, 6.45) is 5.46. The van der Waals surface area contributed by atoms with E-state index in [-0.39, 0.29) is 24.4 Å². The van der Waals surface area contributed by atoms with Crippen molar-refractivity contribution in [2.24, 2.45) is 0 Å². The first-order valence-electron chi connectivity index (χ1n) is 17.1. The van der Waals surface area contributed by atoms with Gasteiger partial charge in [0.05, 0.1) is 36.6 Å². The Kier molecular flexibility index (Phi) is 9.29. The number of anilines is 2. The van der Waals surface area contributed by atoms with Crippen LogP contribution in [-0.2, 0) is 11.3 Å². The first-order chi connectivity index (χ1) is 25.3. The number of hydrogen-bond donors (Lipinski definition) is 2. The number of halogens is 3. The first kappa shape index (κ1) is 33.7. The molecular formula is C39H34Cl2FN7O3. The molecule has 0 spiro atoms. The third-order valence-electron chi connectivity index (χ3n) is 9.71. The SMILES string of the molecule is O=C(Nc1cccnc1N1CCC(N2CCCOC2=O)CC1)c1[nH]c2cc(Cl)ccc2c1-c1c(-c2ccccc2)ncn1Cc1ccc(Cl)cc1F. The minimum atomic E-state index is -0.443. The summed E-state index contributed by atoms with van der Waals surface area (Å²) >= 11 is 12.5. The van der Waals surface area contributed by atoms with Crippen molar-refractivity contribution in [1.29, 1.82) is 0 Å². The molecule has 2 N–H and O–H groups in total. The number of H-pyrrole nitrogens is 1. The number of imidazole rings is 1. The van der Waals surface area contributed by atoms with Crippen LogP contribution in [0.1, 0.15) is 35.3 Å². The number of nitrogens with one attached hydrogen (secondary N) is 2. The number of aromatic amines is 1. The second kappa shape index (κ2) is 14.3. The van der Waals surface area contributed by atoms with E-state index < -0.39 is 11.7 Å². The normalized spacial score (nSPS) is 15.2. The van der Waals surface area contributed by atoms with Crippen LogP contribution in [0.2, 0.25) is 10.0 Å². The predicted molar refractivity (Wildman–Crippen MR) is 201 cm³/mol. The summed E-state index contributed by atoms with van der Waals surface area (Å²) in [4.78, 5) is 43.7. The van der Waals surface area contributed by atoms with Crippen molar-refractivity contribution in [3.05, 3.63) is 119 Å². The van der Waals surface area contributed by atoms with Gasteiger partial charge in [-0.25, -0.2) is 19.2 Å². The first-order valence-corrected chi connectivity index (χ1v) is 17.9. The second-order valence-electron chi connectivity index (χ2n) is 12.9. The van der Waals surface area contributed by atoms with E-state index in [0.29, 0.717) is 75.8 Å². The molecule has 52 heavy (non-hydrogen) atoms. The van der Waals surface area contributed by atoms with Gasteiger partial charge in [-0.3, -0.25) is 4.79 Å². The molecule has 3 aromatic heterocycles. The lowest BCUT2D eigenvalue weighted by atomic mass is 10.0. The molecule has 2 amide bonds. The van der Waals surface area contributed by atoms with Crippen LogP contribution < -0.4 is 10.2 Å². The molecule has 2 aliphatic rings. The molecule has 10 nitrogen and oxygen atoms in total. The summed E-state index contributed by atoms with van der Waals surface area (Å²) in [7, 11) is 0. The summed E-state index contributed by atoms with van der Waals surface area (Å²) in [5.74, 6) is -0.197. The van der Waals surface area contributed by atoms with Crippen LogP contribution in [0.4, 0.5) is 20.7 Å². The molecule has 0 radical (unpaired) electrons. The Labute approximate surface area is 309 Å². The van der Waals surface area contributed by atoms with E-state index in [9.17, 15) is 9.59 Å². The molecule has 0 unspecified atom stereocenters. The van der Waals surface area contributed by atoms with E-state index in [1.807, 2.05) is 51.9 Å². The lowest BCUT2D eigenvalue weighted by molar-refractivity contribution is 0.0499. The summed E-state index contributed by atoms with van der Waals surface area (Å²) in [5, 5.41) is 4.68. The van der Waals surface area contributed by atoms with Crippen LogP contribution in [0.5, 0.6) is 0 Å². The van der Waals surface area contributed by atoms with Crippen molar-refractivity contribution in [3.8, 4) is 22.5 Å². The molecule has 5 heterocycles. The number of rotatable bonds is 8. The molecule has 2 saturated heterocycles. The number of cyclic esters (lactones) is 1. The van der Waals surface area contributed by atoms with Gasteiger partial charge in [-0.15, -0.1) is 0 Å². The lowest BCUT2D eigenvalue weighted by Gasteiger charge is -2.40. The maximum Gasteiger partial charge on any atom is 0.410 e. The van der Waals surface area contributed by atoms with Gasteiger partial charge in [0.15, 0.2) is 5.82 Å². The number of ether oxygens (including phenoxy) is 1. The van der Waals surface area contributed by atoms with Crippen molar-refractivity contribution >= 4 is 57.6 Å². The number of carbonyl (C=O) groups excluding carboxylic acids is 2. The zero-order chi connectivity index (χ0) is 35.8. The molecule has 2 aliphatic heterocycles. The molecule has 8 rings (SSSR count). The van der Waals surface area contributed by atoms with Gasteiger partial charge in [0.25, 0.3) is 5.91 Å². The third-order valence-corrected chi connectivity index (χ3v) is 10.2. The van der Waals surface area contributed by atoms with Gasteiger partial charge in [-0.2, -0.15) is 0 Å². The highest BCUT2D eigenvalue weighted by Gasteiger charge is 2.32. The minimum Gasteiger partial charge on any atom is -0.449 e. The Morgan fingerprint density at radius 1 is 0.962 bits per heavy atom. The fraction of sp³-hybridized carbons (Fsp3) is 0.231. The summed E-state index contributed by atoms with van der Waals surface area (Å²) in [6, 6.07) is 23.4. The average Bonchev–Trinajstić information content (AvgIpc) is 3.74. The Bertz CT molecular complexity index is 2280. The number of aromatic nitrogens is 4. The Hall–Kier alpha value is -5.39. The van der Waals surface area contributed by atoms with Gasteiger partial charge in [0.2, 0.25) is 0 Å². The summed E-state index contributed by atoms with van der Waals surface area (Å²) < 4.78 is 22.3. The molecule has 0 aliphatic carbocycles. The Morgan fingerprint density at radius 3 is 2.54 bits per heavy atom. The van der Waals surface area contributed by atoms with Gasteiger partial charge in [0, 0.05) is 69.5 Å². The quantitative estimate of drug-likeness (QED) is 0.162. The Morgan fingerprint density at radius 2 is 1.75 bits per heavy atom. The maximum atomic E-state index is 15.2. The zero-order valence-electron chi connectivity index (χ0n) is 28.0. The van der Waals surface area contributed by atoms with Gasteiger partial charge in [0.1, 0.15) is 11.5 Å². The Balaban J connectivity index is 1.17.